The summed E-state index contributed by atoms with van der Waals surface area (Å²) in [4.78, 5) is 4.25. The summed E-state index contributed by atoms with van der Waals surface area (Å²) in [6, 6.07) is 8.74. The molecule has 0 bridgehead atoms. The van der Waals surface area contributed by atoms with Gasteiger partial charge in [-0.05, 0) is 49.5 Å². The number of nitrogens with zero attached hydrogens (tertiary/aromatic N) is 1. The molecule has 2 N–H and O–H groups in total. The molecule has 3 nitrogen and oxygen atoms in total. The Morgan fingerprint density at radius 2 is 2.11 bits per heavy atom. The lowest BCUT2D eigenvalue weighted by molar-refractivity contribution is 0.460. The van der Waals surface area contributed by atoms with Crippen molar-refractivity contribution in [1.29, 1.82) is 0 Å². The van der Waals surface area contributed by atoms with Gasteiger partial charge in [0.1, 0.15) is 0 Å². The van der Waals surface area contributed by atoms with Crippen LogP contribution in [-0.4, -0.2) is 18.1 Å². The Morgan fingerprint density at radius 3 is 2.84 bits per heavy atom. The monoisotopic (exact) mass is 295 g/mol. The summed E-state index contributed by atoms with van der Waals surface area (Å²) in [7, 11) is 0. The summed E-state index contributed by atoms with van der Waals surface area (Å²) in [5, 5.41) is 9.71. The Balaban J connectivity index is 0.00000133. The lowest BCUT2D eigenvalue weighted by Crippen LogP contribution is -2.26. The fraction of sp³-hybridized carbons (Fsp3) is 0.357. The van der Waals surface area contributed by atoms with Crippen molar-refractivity contribution in [2.75, 3.05) is 18.4 Å². The van der Waals surface area contributed by atoms with Crippen molar-refractivity contribution >= 4 is 34.6 Å². The van der Waals surface area contributed by atoms with Gasteiger partial charge >= 0.3 is 0 Å². The van der Waals surface area contributed by atoms with Gasteiger partial charge in [-0.2, -0.15) is 0 Å². The van der Waals surface area contributed by atoms with Crippen LogP contribution in [0, 0.1) is 0 Å². The van der Waals surface area contributed by atoms with Gasteiger partial charge in [-0.3, -0.25) is 0 Å². The quantitative estimate of drug-likeness (QED) is 0.905. The largest absolute Gasteiger partial charge is 0.332 e. The minimum Gasteiger partial charge on any atom is -0.332 e. The molecule has 1 aliphatic heterocycles. The maximum absolute atomic E-state index is 4.25. The molecule has 102 valence electrons. The van der Waals surface area contributed by atoms with Crippen molar-refractivity contribution in [1.82, 2.24) is 10.3 Å². The normalized spacial score (nSPS) is 15.8. The molecule has 5 heteroatoms. The van der Waals surface area contributed by atoms with Gasteiger partial charge in [-0.25, -0.2) is 4.98 Å². The molecule has 2 aromatic rings. The number of benzene rings is 1. The van der Waals surface area contributed by atoms with Crippen LogP contribution in [0.4, 0.5) is 10.8 Å². The lowest BCUT2D eigenvalue weighted by Gasteiger charge is -2.23. The molecule has 0 aliphatic carbocycles. The van der Waals surface area contributed by atoms with Crippen LogP contribution < -0.4 is 10.6 Å². The molecule has 0 saturated carbocycles. The molecule has 0 spiro atoms. The van der Waals surface area contributed by atoms with Gasteiger partial charge < -0.3 is 10.6 Å². The highest BCUT2D eigenvalue weighted by Crippen LogP contribution is 2.28. The van der Waals surface area contributed by atoms with E-state index >= 15 is 0 Å². The van der Waals surface area contributed by atoms with Crippen LogP contribution in [-0.2, 0) is 0 Å². The van der Waals surface area contributed by atoms with E-state index in [1.807, 2.05) is 11.6 Å². The zero-order valence-corrected chi connectivity index (χ0v) is 12.3. The predicted molar refractivity (Wildman–Crippen MR) is 83.9 cm³/mol. The highest BCUT2D eigenvalue weighted by molar-refractivity contribution is 7.13. The van der Waals surface area contributed by atoms with Gasteiger partial charge in [0.25, 0.3) is 0 Å². The van der Waals surface area contributed by atoms with E-state index in [2.05, 4.69) is 39.9 Å². The summed E-state index contributed by atoms with van der Waals surface area (Å²) in [5.74, 6) is 0.698. The summed E-state index contributed by atoms with van der Waals surface area (Å²) >= 11 is 1.63. The number of piperidine rings is 1. The minimum absolute atomic E-state index is 0. The third-order valence-electron chi connectivity index (χ3n) is 3.38. The lowest BCUT2D eigenvalue weighted by atomic mass is 9.90. The van der Waals surface area contributed by atoms with Crippen LogP contribution in [0.15, 0.2) is 35.8 Å². The molecule has 2 heterocycles. The number of halogens is 1. The van der Waals surface area contributed by atoms with E-state index in [1.54, 1.807) is 11.3 Å². The van der Waals surface area contributed by atoms with Crippen LogP contribution in [0.1, 0.15) is 24.3 Å². The number of hydrogen-bond acceptors (Lipinski definition) is 4. The summed E-state index contributed by atoms with van der Waals surface area (Å²) < 4.78 is 0. The number of aromatic nitrogens is 1. The minimum atomic E-state index is 0. The zero-order valence-electron chi connectivity index (χ0n) is 10.6. The Hall–Kier alpha value is -1.10. The van der Waals surface area contributed by atoms with Crippen molar-refractivity contribution in [2.24, 2.45) is 0 Å². The number of thiazole rings is 1. The Labute approximate surface area is 123 Å². The number of hydrogen-bond donors (Lipinski definition) is 2. The zero-order chi connectivity index (χ0) is 12.2. The average Bonchev–Trinajstić information content (AvgIpc) is 2.93. The van der Waals surface area contributed by atoms with Gasteiger partial charge in [-0.15, -0.1) is 23.7 Å². The van der Waals surface area contributed by atoms with E-state index < -0.39 is 0 Å². The molecule has 1 fully saturated rings. The van der Waals surface area contributed by atoms with Crippen LogP contribution in [0.2, 0.25) is 0 Å². The Morgan fingerprint density at radius 1 is 1.26 bits per heavy atom. The molecule has 1 aliphatic rings. The molecule has 0 unspecified atom stereocenters. The van der Waals surface area contributed by atoms with E-state index in [-0.39, 0.29) is 12.4 Å². The first-order valence-electron chi connectivity index (χ1n) is 6.39. The number of anilines is 2. The standard InChI is InChI=1S/C14H17N3S.ClH/c1-2-12(11-4-6-15-7-5-11)10-13(3-1)17-14-16-8-9-18-14;/h1-3,8-11,15H,4-7H2,(H,16,17);1H. The van der Waals surface area contributed by atoms with Crippen LogP contribution >= 0.6 is 23.7 Å². The highest BCUT2D eigenvalue weighted by Gasteiger charge is 2.15. The fourth-order valence-corrected chi connectivity index (χ4v) is 2.98. The smallest absolute Gasteiger partial charge is 0.187 e. The molecule has 1 aromatic heterocycles. The summed E-state index contributed by atoms with van der Waals surface area (Å²) in [6.07, 6.45) is 4.30. The van der Waals surface area contributed by atoms with Crippen molar-refractivity contribution < 1.29 is 0 Å². The SMILES string of the molecule is Cl.c1cc(Nc2nccs2)cc(C2CCNCC2)c1. The summed E-state index contributed by atoms with van der Waals surface area (Å²) in [6.45, 7) is 2.27. The third kappa shape index (κ3) is 3.69. The predicted octanol–water partition coefficient (Wildman–Crippen LogP) is 3.78. The van der Waals surface area contributed by atoms with Gasteiger partial charge in [-0.1, -0.05) is 12.1 Å². The molecule has 1 saturated heterocycles. The van der Waals surface area contributed by atoms with Crippen LogP contribution in [0.5, 0.6) is 0 Å². The molecule has 1 aromatic carbocycles. The van der Waals surface area contributed by atoms with E-state index in [1.165, 1.54) is 18.4 Å². The van der Waals surface area contributed by atoms with E-state index in [4.69, 9.17) is 0 Å². The first-order valence-corrected chi connectivity index (χ1v) is 7.27. The second-order valence-electron chi connectivity index (χ2n) is 4.61. The molecule has 3 rings (SSSR count). The first-order chi connectivity index (χ1) is 8.92. The van der Waals surface area contributed by atoms with Crippen molar-refractivity contribution in [2.45, 2.75) is 18.8 Å². The molecular weight excluding hydrogens is 278 g/mol. The molecule has 0 atom stereocenters. The maximum Gasteiger partial charge on any atom is 0.187 e. The van der Waals surface area contributed by atoms with Gasteiger partial charge in [0.05, 0.1) is 0 Å². The topological polar surface area (TPSA) is 37.0 Å². The Bertz CT molecular complexity index is 495. The molecule has 0 radical (unpaired) electrons. The number of nitrogens with one attached hydrogen (secondary N) is 2. The van der Waals surface area contributed by atoms with E-state index in [9.17, 15) is 0 Å². The second kappa shape index (κ2) is 6.89. The van der Waals surface area contributed by atoms with Crippen molar-refractivity contribution in [3.05, 3.63) is 41.4 Å². The summed E-state index contributed by atoms with van der Waals surface area (Å²) in [5.41, 5.74) is 2.58. The van der Waals surface area contributed by atoms with Crippen LogP contribution in [0.3, 0.4) is 0 Å². The van der Waals surface area contributed by atoms with E-state index in [0.29, 0.717) is 5.92 Å². The van der Waals surface area contributed by atoms with Crippen molar-refractivity contribution in [3.8, 4) is 0 Å². The molecule has 19 heavy (non-hydrogen) atoms. The molecule has 0 amide bonds. The van der Waals surface area contributed by atoms with Gasteiger partial charge in [0.2, 0.25) is 0 Å². The fourth-order valence-electron chi connectivity index (χ4n) is 2.43. The van der Waals surface area contributed by atoms with E-state index in [0.717, 1.165) is 23.9 Å². The highest BCUT2D eigenvalue weighted by atomic mass is 35.5. The van der Waals surface area contributed by atoms with Gasteiger partial charge in [0.15, 0.2) is 5.13 Å². The first kappa shape index (κ1) is 14.3. The third-order valence-corrected chi connectivity index (χ3v) is 4.07. The number of rotatable bonds is 3. The molecular formula is C14H18ClN3S. The van der Waals surface area contributed by atoms with Crippen molar-refractivity contribution in [3.63, 3.8) is 0 Å². The maximum atomic E-state index is 4.25. The van der Waals surface area contributed by atoms with Crippen LogP contribution in [0.25, 0.3) is 0 Å². The second-order valence-corrected chi connectivity index (χ2v) is 5.51. The van der Waals surface area contributed by atoms with Gasteiger partial charge in [0, 0.05) is 17.3 Å². The average molecular weight is 296 g/mol. The Kier molecular flexibility index (Phi) is 5.19.